The van der Waals surface area contributed by atoms with Crippen LogP contribution in [-0.4, -0.2) is 30.0 Å². The summed E-state index contributed by atoms with van der Waals surface area (Å²) in [5.74, 6) is 0. The lowest BCUT2D eigenvalue weighted by molar-refractivity contribution is -0.384. The highest BCUT2D eigenvalue weighted by atomic mass is 16.6. The van der Waals surface area contributed by atoms with Crippen LogP contribution in [0.15, 0.2) is 48.5 Å². The Bertz CT molecular complexity index is 726. The summed E-state index contributed by atoms with van der Waals surface area (Å²) in [6, 6.07) is 15.5. The van der Waals surface area contributed by atoms with Crippen molar-refractivity contribution >= 4 is 11.4 Å². The fraction of sp³-hybridized carbons (Fsp3) is 0.400. The van der Waals surface area contributed by atoms with Crippen LogP contribution in [0.4, 0.5) is 11.4 Å². The molecule has 0 aliphatic carbocycles. The van der Waals surface area contributed by atoms with E-state index in [4.69, 9.17) is 0 Å². The number of para-hydroxylation sites is 1. The summed E-state index contributed by atoms with van der Waals surface area (Å²) in [5.41, 5.74) is 3.76. The maximum atomic E-state index is 10.9. The van der Waals surface area contributed by atoms with Crippen LogP contribution in [0.3, 0.4) is 0 Å². The summed E-state index contributed by atoms with van der Waals surface area (Å²) in [4.78, 5) is 15.3. The van der Waals surface area contributed by atoms with E-state index in [-0.39, 0.29) is 10.6 Å². The van der Waals surface area contributed by atoms with Gasteiger partial charge < -0.3 is 4.90 Å². The molecule has 0 spiro atoms. The van der Waals surface area contributed by atoms with Crippen molar-refractivity contribution in [3.63, 3.8) is 0 Å². The first-order chi connectivity index (χ1) is 12.1. The van der Waals surface area contributed by atoms with Crippen molar-refractivity contribution in [1.82, 2.24) is 4.90 Å². The average Bonchev–Trinajstić information content (AvgIpc) is 2.63. The van der Waals surface area contributed by atoms with Gasteiger partial charge in [-0.2, -0.15) is 0 Å². The minimum absolute atomic E-state index is 0.152. The van der Waals surface area contributed by atoms with Gasteiger partial charge in [0.05, 0.1) is 4.92 Å². The number of nitrogens with zero attached hydrogens (tertiary/aromatic N) is 3. The average molecular weight is 339 g/mol. The molecule has 1 saturated heterocycles. The quantitative estimate of drug-likeness (QED) is 0.584. The predicted octanol–water partition coefficient (Wildman–Crippen LogP) is 4.22. The first-order valence-electron chi connectivity index (χ1n) is 8.88. The van der Waals surface area contributed by atoms with Crippen molar-refractivity contribution in [1.29, 1.82) is 0 Å². The fourth-order valence-corrected chi connectivity index (χ4v) is 3.51. The molecule has 0 amide bonds. The zero-order valence-electron chi connectivity index (χ0n) is 14.7. The van der Waals surface area contributed by atoms with Gasteiger partial charge in [0, 0.05) is 44.0 Å². The first kappa shape index (κ1) is 17.4. The molecule has 0 atom stereocenters. The number of rotatable bonds is 6. The zero-order chi connectivity index (χ0) is 17.6. The molecule has 0 bridgehead atoms. The van der Waals surface area contributed by atoms with Crippen LogP contribution < -0.4 is 4.90 Å². The van der Waals surface area contributed by atoms with E-state index in [1.54, 1.807) is 12.1 Å². The van der Waals surface area contributed by atoms with E-state index in [2.05, 4.69) is 41.1 Å². The molecule has 0 radical (unpaired) electrons. The zero-order valence-corrected chi connectivity index (χ0v) is 14.7. The summed E-state index contributed by atoms with van der Waals surface area (Å²) in [7, 11) is 2.06. The van der Waals surface area contributed by atoms with E-state index in [1.807, 2.05) is 6.07 Å². The molecule has 5 heteroatoms. The van der Waals surface area contributed by atoms with E-state index >= 15 is 0 Å². The van der Waals surface area contributed by atoms with Gasteiger partial charge in [0.2, 0.25) is 0 Å². The molecule has 0 saturated carbocycles. The van der Waals surface area contributed by atoms with Gasteiger partial charge in [-0.3, -0.25) is 15.0 Å². The Kier molecular flexibility index (Phi) is 5.66. The monoisotopic (exact) mass is 339 g/mol. The van der Waals surface area contributed by atoms with Crippen molar-refractivity contribution in [2.24, 2.45) is 0 Å². The summed E-state index contributed by atoms with van der Waals surface area (Å²) in [6.45, 7) is 3.78. The number of piperidine rings is 1. The molecule has 132 valence electrons. The molecule has 0 unspecified atom stereocenters. The minimum Gasteiger partial charge on any atom is -0.371 e. The molecule has 1 heterocycles. The number of nitro benzene ring substituents is 1. The van der Waals surface area contributed by atoms with Gasteiger partial charge in [-0.25, -0.2) is 0 Å². The second-order valence-corrected chi connectivity index (χ2v) is 6.78. The third-order valence-corrected chi connectivity index (χ3v) is 4.70. The van der Waals surface area contributed by atoms with Crippen molar-refractivity contribution in [3.05, 3.63) is 69.8 Å². The van der Waals surface area contributed by atoms with Gasteiger partial charge in [0.25, 0.3) is 5.69 Å². The van der Waals surface area contributed by atoms with Crippen LogP contribution >= 0.6 is 0 Å². The highest BCUT2D eigenvalue weighted by molar-refractivity contribution is 5.54. The molecule has 2 aromatic carbocycles. The van der Waals surface area contributed by atoms with Gasteiger partial charge in [-0.15, -0.1) is 0 Å². The Balaban J connectivity index is 1.70. The van der Waals surface area contributed by atoms with E-state index in [9.17, 15) is 10.1 Å². The van der Waals surface area contributed by atoms with Gasteiger partial charge >= 0.3 is 0 Å². The topological polar surface area (TPSA) is 49.6 Å². The lowest BCUT2D eigenvalue weighted by Gasteiger charge is -2.31. The summed E-state index contributed by atoms with van der Waals surface area (Å²) in [5, 5.41) is 10.9. The second kappa shape index (κ2) is 8.12. The van der Waals surface area contributed by atoms with Crippen LogP contribution in [0.25, 0.3) is 0 Å². The fourth-order valence-electron chi connectivity index (χ4n) is 3.51. The molecule has 2 aromatic rings. The first-order valence-corrected chi connectivity index (χ1v) is 8.88. The number of benzene rings is 2. The van der Waals surface area contributed by atoms with Crippen LogP contribution in [0.5, 0.6) is 0 Å². The number of non-ortho nitro benzene ring substituents is 1. The highest BCUT2D eigenvalue weighted by Gasteiger charge is 2.15. The molecule has 1 aliphatic rings. The number of hydrogen-bond donors (Lipinski definition) is 0. The molecular weight excluding hydrogens is 314 g/mol. The molecule has 5 nitrogen and oxygen atoms in total. The minimum atomic E-state index is -0.338. The van der Waals surface area contributed by atoms with Crippen LogP contribution in [0, 0.1) is 10.1 Å². The molecule has 0 aromatic heterocycles. The number of anilines is 1. The van der Waals surface area contributed by atoms with Crippen LogP contribution in [0.2, 0.25) is 0 Å². The smallest absolute Gasteiger partial charge is 0.269 e. The van der Waals surface area contributed by atoms with Gasteiger partial charge in [-0.05, 0) is 43.5 Å². The van der Waals surface area contributed by atoms with E-state index in [1.165, 1.54) is 36.6 Å². The molecule has 1 fully saturated rings. The highest BCUT2D eigenvalue weighted by Crippen LogP contribution is 2.25. The Morgan fingerprint density at radius 2 is 1.80 bits per heavy atom. The third kappa shape index (κ3) is 4.57. The largest absolute Gasteiger partial charge is 0.371 e. The second-order valence-electron chi connectivity index (χ2n) is 6.78. The normalized spacial score (nSPS) is 14.7. The molecular formula is C20H25N3O2. The van der Waals surface area contributed by atoms with E-state index < -0.39 is 0 Å². The Morgan fingerprint density at radius 3 is 2.56 bits per heavy atom. The molecule has 1 aliphatic heterocycles. The van der Waals surface area contributed by atoms with E-state index in [0.717, 1.165) is 25.2 Å². The lowest BCUT2D eigenvalue weighted by Crippen LogP contribution is -2.31. The van der Waals surface area contributed by atoms with Gasteiger partial charge in [0.15, 0.2) is 0 Å². The van der Waals surface area contributed by atoms with Gasteiger partial charge in [-0.1, -0.05) is 30.3 Å². The maximum Gasteiger partial charge on any atom is 0.269 e. The maximum absolute atomic E-state index is 10.9. The SMILES string of the molecule is CN(Cc1cccc([N+](=O)[O-])c1)Cc1ccccc1N1CCCCC1. The number of nitro groups is 1. The van der Waals surface area contributed by atoms with Gasteiger partial charge in [0.1, 0.15) is 0 Å². The van der Waals surface area contributed by atoms with E-state index in [0.29, 0.717) is 6.54 Å². The van der Waals surface area contributed by atoms with Crippen molar-refractivity contribution < 1.29 is 4.92 Å². The Morgan fingerprint density at radius 1 is 1.04 bits per heavy atom. The van der Waals surface area contributed by atoms with Crippen LogP contribution in [-0.2, 0) is 13.1 Å². The van der Waals surface area contributed by atoms with Crippen molar-refractivity contribution in [2.75, 3.05) is 25.0 Å². The third-order valence-electron chi connectivity index (χ3n) is 4.70. The Labute approximate surface area is 149 Å². The lowest BCUT2D eigenvalue weighted by atomic mass is 10.1. The van der Waals surface area contributed by atoms with Crippen LogP contribution in [0.1, 0.15) is 30.4 Å². The summed E-state index contributed by atoms with van der Waals surface area (Å²) < 4.78 is 0. The summed E-state index contributed by atoms with van der Waals surface area (Å²) in [6.07, 6.45) is 3.85. The van der Waals surface area contributed by atoms with Crippen molar-refractivity contribution in [2.45, 2.75) is 32.4 Å². The Hall–Kier alpha value is -2.40. The van der Waals surface area contributed by atoms with Crippen molar-refractivity contribution in [3.8, 4) is 0 Å². The molecule has 3 rings (SSSR count). The standard InChI is InChI=1S/C20H25N3O2/c1-21(15-17-8-7-10-19(14-17)23(24)25)16-18-9-3-4-11-20(18)22-12-5-2-6-13-22/h3-4,7-11,14H,2,5-6,12-13,15-16H2,1H3. The summed E-state index contributed by atoms with van der Waals surface area (Å²) >= 11 is 0. The molecule has 25 heavy (non-hydrogen) atoms. The molecule has 0 N–H and O–H groups in total. The predicted molar refractivity (Wildman–Crippen MR) is 101 cm³/mol. The number of hydrogen-bond acceptors (Lipinski definition) is 4.